The van der Waals surface area contributed by atoms with E-state index in [1.807, 2.05) is 0 Å². The SMILES string of the molecule is OCc1c(CBr)cnc(C(F)F)c1Br. The van der Waals surface area contributed by atoms with Gasteiger partial charge in [-0.25, -0.2) is 8.78 Å². The molecule has 1 aromatic heterocycles. The van der Waals surface area contributed by atoms with E-state index >= 15 is 0 Å². The Bertz CT molecular complexity index is 333. The normalized spacial score (nSPS) is 11.0. The van der Waals surface area contributed by atoms with Gasteiger partial charge in [0.05, 0.1) is 11.1 Å². The zero-order valence-corrected chi connectivity index (χ0v) is 10.1. The lowest BCUT2D eigenvalue weighted by Crippen LogP contribution is -2.01. The highest BCUT2D eigenvalue weighted by atomic mass is 79.9. The molecule has 14 heavy (non-hydrogen) atoms. The minimum Gasteiger partial charge on any atom is -0.392 e. The summed E-state index contributed by atoms with van der Waals surface area (Å²) in [4.78, 5) is 3.62. The van der Waals surface area contributed by atoms with Crippen molar-refractivity contribution < 1.29 is 13.9 Å². The van der Waals surface area contributed by atoms with E-state index in [4.69, 9.17) is 5.11 Å². The fourth-order valence-corrected chi connectivity index (χ4v) is 2.15. The number of aliphatic hydroxyl groups excluding tert-OH is 1. The fourth-order valence-electron chi connectivity index (χ4n) is 1.02. The van der Waals surface area contributed by atoms with E-state index in [1.54, 1.807) is 0 Å². The van der Waals surface area contributed by atoms with Gasteiger partial charge in [0.2, 0.25) is 0 Å². The van der Waals surface area contributed by atoms with Crippen LogP contribution < -0.4 is 0 Å². The molecule has 6 heteroatoms. The van der Waals surface area contributed by atoms with Crippen LogP contribution in [0.15, 0.2) is 10.7 Å². The smallest absolute Gasteiger partial charge is 0.281 e. The van der Waals surface area contributed by atoms with Gasteiger partial charge in [0.25, 0.3) is 6.43 Å². The summed E-state index contributed by atoms with van der Waals surface area (Å²) in [5.74, 6) is 0. The Balaban J connectivity index is 3.27. The molecule has 0 aliphatic rings. The van der Waals surface area contributed by atoms with E-state index in [9.17, 15) is 8.78 Å². The molecule has 0 unspecified atom stereocenters. The maximum absolute atomic E-state index is 12.4. The van der Waals surface area contributed by atoms with Crippen molar-refractivity contribution in [2.24, 2.45) is 0 Å². The zero-order valence-electron chi connectivity index (χ0n) is 6.98. The standard InChI is InChI=1S/C8H7Br2F2NO/c9-1-4-2-13-7(8(11)12)6(10)5(4)3-14/h2,8,14H,1,3H2. The lowest BCUT2D eigenvalue weighted by Gasteiger charge is -2.10. The highest BCUT2D eigenvalue weighted by molar-refractivity contribution is 9.10. The molecule has 0 aliphatic carbocycles. The van der Waals surface area contributed by atoms with Gasteiger partial charge in [-0.2, -0.15) is 0 Å². The molecule has 0 amide bonds. The van der Waals surface area contributed by atoms with Crippen LogP contribution in [-0.2, 0) is 11.9 Å². The maximum Gasteiger partial charge on any atom is 0.281 e. The molecule has 2 nitrogen and oxygen atoms in total. The molecular weight excluding hydrogens is 324 g/mol. The fraction of sp³-hybridized carbons (Fsp3) is 0.375. The van der Waals surface area contributed by atoms with E-state index in [2.05, 4.69) is 36.8 Å². The Kier molecular flexibility index (Phi) is 4.40. The monoisotopic (exact) mass is 329 g/mol. The van der Waals surface area contributed by atoms with Gasteiger partial charge in [-0.05, 0) is 27.1 Å². The Morgan fingerprint density at radius 2 is 2.14 bits per heavy atom. The van der Waals surface area contributed by atoms with Crippen LogP contribution in [0.4, 0.5) is 8.78 Å². The lowest BCUT2D eigenvalue weighted by atomic mass is 10.1. The second kappa shape index (κ2) is 5.14. The number of pyridine rings is 1. The predicted molar refractivity (Wildman–Crippen MR) is 55.4 cm³/mol. The van der Waals surface area contributed by atoms with Gasteiger partial charge in [0.1, 0.15) is 5.69 Å². The van der Waals surface area contributed by atoms with Gasteiger partial charge < -0.3 is 5.11 Å². The van der Waals surface area contributed by atoms with E-state index in [0.29, 0.717) is 16.5 Å². The number of hydrogen-bond donors (Lipinski definition) is 1. The first-order valence-electron chi connectivity index (χ1n) is 3.73. The third-order valence-electron chi connectivity index (χ3n) is 1.75. The van der Waals surface area contributed by atoms with Crippen molar-refractivity contribution in [1.29, 1.82) is 0 Å². The summed E-state index contributed by atoms with van der Waals surface area (Å²) in [7, 11) is 0. The quantitative estimate of drug-likeness (QED) is 0.863. The molecule has 0 saturated carbocycles. The average Bonchev–Trinajstić information content (AvgIpc) is 2.16. The molecule has 0 spiro atoms. The molecule has 0 aromatic carbocycles. The molecule has 1 heterocycles. The van der Waals surface area contributed by atoms with Gasteiger partial charge in [0, 0.05) is 11.5 Å². The van der Waals surface area contributed by atoms with Crippen LogP contribution in [0.25, 0.3) is 0 Å². The van der Waals surface area contributed by atoms with Crippen LogP contribution in [0.3, 0.4) is 0 Å². The molecule has 0 bridgehead atoms. The van der Waals surface area contributed by atoms with Crippen LogP contribution in [0, 0.1) is 0 Å². The summed E-state index contributed by atoms with van der Waals surface area (Å²) in [6.07, 6.45) is -1.30. The molecule has 78 valence electrons. The van der Waals surface area contributed by atoms with Crippen molar-refractivity contribution in [1.82, 2.24) is 4.98 Å². The minimum atomic E-state index is -2.64. The van der Waals surface area contributed by atoms with E-state index in [-0.39, 0.29) is 16.8 Å². The van der Waals surface area contributed by atoms with Crippen molar-refractivity contribution in [3.05, 3.63) is 27.5 Å². The minimum absolute atomic E-state index is 0.187. The first-order chi connectivity index (χ1) is 6.61. The molecule has 0 fully saturated rings. The number of aliphatic hydroxyl groups is 1. The second-order valence-corrected chi connectivity index (χ2v) is 3.91. The van der Waals surface area contributed by atoms with Gasteiger partial charge in [-0.3, -0.25) is 4.98 Å². The van der Waals surface area contributed by atoms with Crippen molar-refractivity contribution in [3.8, 4) is 0 Å². The summed E-state index contributed by atoms with van der Waals surface area (Å²) in [6, 6.07) is 0. The van der Waals surface area contributed by atoms with Crippen LogP contribution in [0.1, 0.15) is 23.2 Å². The Morgan fingerprint density at radius 1 is 1.50 bits per heavy atom. The average molecular weight is 331 g/mol. The zero-order chi connectivity index (χ0) is 10.7. The number of alkyl halides is 3. The summed E-state index contributed by atoms with van der Waals surface area (Å²) in [5.41, 5.74) is 0.815. The molecule has 1 aromatic rings. The van der Waals surface area contributed by atoms with Gasteiger partial charge in [0.15, 0.2) is 0 Å². The van der Waals surface area contributed by atoms with E-state index in [1.165, 1.54) is 6.20 Å². The number of hydrogen-bond acceptors (Lipinski definition) is 2. The molecule has 0 atom stereocenters. The largest absolute Gasteiger partial charge is 0.392 e. The number of nitrogens with zero attached hydrogens (tertiary/aromatic N) is 1. The molecule has 0 saturated heterocycles. The third-order valence-corrected chi connectivity index (χ3v) is 3.23. The molecule has 0 radical (unpaired) electrons. The van der Waals surface area contributed by atoms with Crippen molar-refractivity contribution in [2.75, 3.05) is 0 Å². The van der Waals surface area contributed by atoms with Gasteiger partial charge >= 0.3 is 0 Å². The van der Waals surface area contributed by atoms with Crippen LogP contribution in [-0.4, -0.2) is 10.1 Å². The number of halogens is 4. The van der Waals surface area contributed by atoms with Crippen molar-refractivity contribution in [3.63, 3.8) is 0 Å². The van der Waals surface area contributed by atoms with Crippen LogP contribution in [0.2, 0.25) is 0 Å². The summed E-state index contributed by atoms with van der Waals surface area (Å²) in [5, 5.41) is 9.48. The Hall–Kier alpha value is -0.0700. The first kappa shape index (κ1) is 12.0. The van der Waals surface area contributed by atoms with Gasteiger partial charge in [-0.1, -0.05) is 15.9 Å². The molecular formula is C8H7Br2F2NO. The number of aromatic nitrogens is 1. The van der Waals surface area contributed by atoms with Crippen molar-refractivity contribution >= 4 is 31.9 Å². The summed E-state index contributed by atoms with van der Waals surface area (Å²) >= 11 is 6.20. The van der Waals surface area contributed by atoms with Crippen LogP contribution in [0.5, 0.6) is 0 Å². The summed E-state index contributed by atoms with van der Waals surface area (Å²) in [6.45, 7) is -0.288. The molecule has 1 N–H and O–H groups in total. The Labute approximate surface area is 96.6 Å². The topological polar surface area (TPSA) is 33.1 Å². The summed E-state index contributed by atoms with van der Waals surface area (Å²) < 4.78 is 25.0. The highest BCUT2D eigenvalue weighted by Crippen LogP contribution is 2.30. The predicted octanol–water partition coefficient (Wildman–Crippen LogP) is 3.17. The third kappa shape index (κ3) is 2.29. The van der Waals surface area contributed by atoms with Crippen molar-refractivity contribution in [2.45, 2.75) is 18.4 Å². The van der Waals surface area contributed by atoms with E-state index in [0.717, 1.165) is 0 Å². The Morgan fingerprint density at radius 3 is 2.57 bits per heavy atom. The van der Waals surface area contributed by atoms with Gasteiger partial charge in [-0.15, -0.1) is 0 Å². The maximum atomic E-state index is 12.4. The molecule has 0 aliphatic heterocycles. The highest BCUT2D eigenvalue weighted by Gasteiger charge is 2.18. The molecule has 1 rings (SSSR count). The first-order valence-corrected chi connectivity index (χ1v) is 5.64. The van der Waals surface area contributed by atoms with Crippen LogP contribution >= 0.6 is 31.9 Å². The number of rotatable bonds is 3. The second-order valence-electron chi connectivity index (χ2n) is 2.55. The van der Waals surface area contributed by atoms with E-state index < -0.39 is 6.43 Å². The lowest BCUT2D eigenvalue weighted by molar-refractivity contribution is 0.144.